The standard InChI is InChI=1S/C19H22FN7O/c1-11-14(12(2)27-19(22-11)24-18(21)25-27)10-17(28)23-13-5-6-16(15(20)9-13)26-7-3-4-8-26/h5-6,9H,3-4,7-8,10H2,1-2H3,(H2,21,25)(H,23,28). The Bertz CT molecular complexity index is 1060. The zero-order valence-electron chi connectivity index (χ0n) is 15.9. The molecule has 28 heavy (non-hydrogen) atoms. The Hall–Kier alpha value is -3.23. The quantitative estimate of drug-likeness (QED) is 0.717. The van der Waals surface area contributed by atoms with Crippen LogP contribution in [0.3, 0.4) is 0 Å². The number of carbonyl (C=O) groups excluding carboxylic acids is 1. The first kappa shape index (κ1) is 18.1. The van der Waals surface area contributed by atoms with Gasteiger partial charge in [-0.15, -0.1) is 5.10 Å². The normalized spacial score (nSPS) is 14.0. The third-order valence-electron chi connectivity index (χ3n) is 5.08. The van der Waals surface area contributed by atoms with Crippen LogP contribution < -0.4 is 16.0 Å². The van der Waals surface area contributed by atoms with Gasteiger partial charge in [0.2, 0.25) is 11.9 Å². The van der Waals surface area contributed by atoms with Gasteiger partial charge in [0.1, 0.15) is 5.82 Å². The summed E-state index contributed by atoms with van der Waals surface area (Å²) in [5.41, 5.74) is 8.82. The van der Waals surface area contributed by atoms with E-state index in [4.69, 9.17) is 5.73 Å². The minimum atomic E-state index is -0.326. The van der Waals surface area contributed by atoms with E-state index in [1.54, 1.807) is 12.1 Å². The number of carbonyl (C=O) groups is 1. The first-order valence-corrected chi connectivity index (χ1v) is 9.25. The van der Waals surface area contributed by atoms with E-state index in [1.165, 1.54) is 10.6 Å². The van der Waals surface area contributed by atoms with Gasteiger partial charge < -0.3 is 16.0 Å². The summed E-state index contributed by atoms with van der Waals surface area (Å²) >= 11 is 0. The second kappa shape index (κ2) is 7.06. The molecule has 0 aliphatic carbocycles. The largest absolute Gasteiger partial charge is 0.369 e. The van der Waals surface area contributed by atoms with Crippen LogP contribution >= 0.6 is 0 Å². The second-order valence-corrected chi connectivity index (χ2v) is 7.03. The molecule has 4 rings (SSSR count). The number of aryl methyl sites for hydroxylation is 2. The number of benzene rings is 1. The van der Waals surface area contributed by atoms with E-state index < -0.39 is 0 Å². The van der Waals surface area contributed by atoms with Gasteiger partial charge in [0.05, 0.1) is 12.1 Å². The fraction of sp³-hybridized carbons (Fsp3) is 0.368. The molecule has 9 heteroatoms. The van der Waals surface area contributed by atoms with Crippen molar-refractivity contribution < 1.29 is 9.18 Å². The summed E-state index contributed by atoms with van der Waals surface area (Å²) < 4.78 is 16.0. The van der Waals surface area contributed by atoms with E-state index in [9.17, 15) is 9.18 Å². The Kier molecular flexibility index (Phi) is 4.58. The number of rotatable bonds is 4. The first-order valence-electron chi connectivity index (χ1n) is 9.25. The molecular weight excluding hydrogens is 361 g/mol. The SMILES string of the molecule is Cc1nc2nc(N)nn2c(C)c1CC(=O)Nc1ccc(N2CCCC2)c(F)c1. The summed E-state index contributed by atoms with van der Waals surface area (Å²) in [6.07, 6.45) is 2.24. The Morgan fingerprint density at radius 2 is 2.00 bits per heavy atom. The number of fused-ring (bicyclic) bond motifs is 1. The van der Waals surface area contributed by atoms with Gasteiger partial charge in [-0.2, -0.15) is 9.50 Å². The van der Waals surface area contributed by atoms with Crippen molar-refractivity contribution in [2.75, 3.05) is 29.0 Å². The van der Waals surface area contributed by atoms with Crippen molar-refractivity contribution in [3.63, 3.8) is 0 Å². The third-order valence-corrected chi connectivity index (χ3v) is 5.08. The lowest BCUT2D eigenvalue weighted by Gasteiger charge is -2.19. The summed E-state index contributed by atoms with van der Waals surface area (Å²) in [5, 5.41) is 6.86. The molecule has 1 fully saturated rings. The molecular formula is C19H22FN7O. The Morgan fingerprint density at radius 3 is 2.71 bits per heavy atom. The number of nitrogens with zero attached hydrogens (tertiary/aromatic N) is 5. The summed E-state index contributed by atoms with van der Waals surface area (Å²) in [6, 6.07) is 4.82. The van der Waals surface area contributed by atoms with Gasteiger partial charge in [-0.05, 0) is 44.9 Å². The molecule has 0 saturated carbocycles. The Balaban J connectivity index is 1.52. The predicted octanol–water partition coefficient (Wildman–Crippen LogP) is 2.24. The average molecular weight is 383 g/mol. The zero-order valence-corrected chi connectivity index (χ0v) is 15.9. The minimum absolute atomic E-state index is 0.0931. The van der Waals surface area contributed by atoms with Crippen LogP contribution in [-0.4, -0.2) is 38.6 Å². The summed E-state index contributed by atoms with van der Waals surface area (Å²) in [6.45, 7) is 5.38. The van der Waals surface area contributed by atoms with Gasteiger partial charge in [0.15, 0.2) is 0 Å². The molecule has 3 N–H and O–H groups in total. The molecule has 0 bridgehead atoms. The van der Waals surface area contributed by atoms with Crippen molar-refractivity contribution in [2.24, 2.45) is 0 Å². The number of anilines is 3. The van der Waals surface area contributed by atoms with E-state index in [0.29, 0.717) is 22.8 Å². The number of hydrogen-bond donors (Lipinski definition) is 2. The number of nitrogens with two attached hydrogens (primary N) is 1. The van der Waals surface area contributed by atoms with Gasteiger partial charge in [0.25, 0.3) is 5.78 Å². The second-order valence-electron chi connectivity index (χ2n) is 7.03. The van der Waals surface area contributed by atoms with E-state index in [0.717, 1.165) is 37.2 Å². The number of hydrogen-bond acceptors (Lipinski definition) is 6. The van der Waals surface area contributed by atoms with Crippen molar-refractivity contribution in [1.29, 1.82) is 0 Å². The lowest BCUT2D eigenvalue weighted by atomic mass is 10.1. The lowest BCUT2D eigenvalue weighted by Crippen LogP contribution is -2.20. The highest BCUT2D eigenvalue weighted by molar-refractivity contribution is 5.92. The Morgan fingerprint density at radius 1 is 1.25 bits per heavy atom. The smallest absolute Gasteiger partial charge is 0.254 e. The van der Waals surface area contributed by atoms with Crippen LogP contribution in [0, 0.1) is 19.7 Å². The van der Waals surface area contributed by atoms with Crippen LogP contribution in [-0.2, 0) is 11.2 Å². The maximum Gasteiger partial charge on any atom is 0.254 e. The summed E-state index contributed by atoms with van der Waals surface area (Å²) in [5.74, 6) is -0.0524. The van der Waals surface area contributed by atoms with Gasteiger partial charge in [-0.1, -0.05) is 0 Å². The monoisotopic (exact) mass is 383 g/mol. The topological polar surface area (TPSA) is 101 Å². The van der Waals surface area contributed by atoms with E-state index in [1.807, 2.05) is 18.7 Å². The molecule has 3 heterocycles. The van der Waals surface area contributed by atoms with E-state index >= 15 is 0 Å². The number of halogens is 1. The maximum atomic E-state index is 14.5. The first-order chi connectivity index (χ1) is 13.4. The van der Waals surface area contributed by atoms with E-state index in [-0.39, 0.29) is 24.1 Å². The summed E-state index contributed by atoms with van der Waals surface area (Å²) in [7, 11) is 0. The molecule has 8 nitrogen and oxygen atoms in total. The fourth-order valence-corrected chi connectivity index (χ4v) is 3.64. The molecule has 0 radical (unpaired) electrons. The number of nitrogens with one attached hydrogen (secondary N) is 1. The molecule has 1 aliphatic rings. The average Bonchev–Trinajstić information content (AvgIpc) is 3.28. The predicted molar refractivity (Wildman–Crippen MR) is 105 cm³/mol. The molecule has 0 unspecified atom stereocenters. The van der Waals surface area contributed by atoms with Crippen LogP contribution in [0.15, 0.2) is 18.2 Å². The van der Waals surface area contributed by atoms with Gasteiger partial charge >= 0.3 is 0 Å². The van der Waals surface area contributed by atoms with Gasteiger partial charge in [-0.3, -0.25) is 4.79 Å². The highest BCUT2D eigenvalue weighted by Crippen LogP contribution is 2.26. The van der Waals surface area contributed by atoms with Crippen molar-refractivity contribution in [3.05, 3.63) is 41.0 Å². The fourth-order valence-electron chi connectivity index (χ4n) is 3.64. The number of aromatic nitrogens is 4. The molecule has 1 saturated heterocycles. The molecule has 1 amide bonds. The molecule has 3 aromatic rings. The van der Waals surface area contributed by atoms with Crippen LogP contribution in [0.5, 0.6) is 0 Å². The number of amides is 1. The van der Waals surface area contributed by atoms with Crippen molar-refractivity contribution in [3.8, 4) is 0 Å². The molecule has 0 atom stereocenters. The lowest BCUT2D eigenvalue weighted by molar-refractivity contribution is -0.115. The molecule has 1 aliphatic heterocycles. The van der Waals surface area contributed by atoms with Crippen LogP contribution in [0.2, 0.25) is 0 Å². The maximum absolute atomic E-state index is 14.5. The van der Waals surface area contributed by atoms with Crippen LogP contribution in [0.25, 0.3) is 5.78 Å². The van der Waals surface area contributed by atoms with Crippen molar-refractivity contribution >= 4 is 29.0 Å². The summed E-state index contributed by atoms with van der Waals surface area (Å²) in [4.78, 5) is 23.0. The molecule has 1 aromatic carbocycles. The highest BCUT2D eigenvalue weighted by Gasteiger charge is 2.18. The van der Waals surface area contributed by atoms with Gasteiger partial charge in [0, 0.05) is 35.7 Å². The molecule has 2 aromatic heterocycles. The molecule has 146 valence electrons. The Labute approximate surface area is 161 Å². The number of nitrogen functional groups attached to an aromatic ring is 1. The highest BCUT2D eigenvalue weighted by atomic mass is 19.1. The molecule has 0 spiro atoms. The zero-order chi connectivity index (χ0) is 19.8. The van der Waals surface area contributed by atoms with Gasteiger partial charge in [-0.25, -0.2) is 9.37 Å². The van der Waals surface area contributed by atoms with Crippen LogP contribution in [0.1, 0.15) is 29.8 Å². The minimum Gasteiger partial charge on any atom is -0.369 e. The van der Waals surface area contributed by atoms with Crippen LogP contribution in [0.4, 0.5) is 21.7 Å². The van der Waals surface area contributed by atoms with Crippen molar-refractivity contribution in [2.45, 2.75) is 33.1 Å². The van der Waals surface area contributed by atoms with Crippen molar-refractivity contribution in [1.82, 2.24) is 19.6 Å². The third kappa shape index (κ3) is 3.35. The van der Waals surface area contributed by atoms with E-state index in [2.05, 4.69) is 20.4 Å².